The third-order valence-corrected chi connectivity index (χ3v) is 3.76. The molecule has 6 heteroatoms. The maximum absolute atomic E-state index is 13.5. The smallest absolute Gasteiger partial charge is 0.277 e. The van der Waals surface area contributed by atoms with E-state index in [2.05, 4.69) is 26.1 Å². The molecule has 0 fully saturated rings. The largest absolute Gasteiger partial charge is 0.420 e. The van der Waals surface area contributed by atoms with Crippen LogP contribution in [0.25, 0.3) is 22.5 Å². The van der Waals surface area contributed by atoms with Gasteiger partial charge in [-0.15, -0.1) is 0 Å². The van der Waals surface area contributed by atoms with Crippen LogP contribution >= 0.6 is 15.9 Å². The summed E-state index contributed by atoms with van der Waals surface area (Å²) in [6.45, 7) is 0. The Morgan fingerprint density at radius 1 is 0.864 bits per heavy atom. The number of hydrogen-bond acceptors (Lipinski definition) is 1. The van der Waals surface area contributed by atoms with Crippen LogP contribution in [0, 0.1) is 0 Å². The highest BCUT2D eigenvalue weighted by molar-refractivity contribution is 9.10. The average molecular weight is 367 g/mol. The summed E-state index contributed by atoms with van der Waals surface area (Å²) in [5.74, 6) is 0. The fourth-order valence-corrected chi connectivity index (χ4v) is 2.51. The maximum Gasteiger partial charge on any atom is 0.420 e. The zero-order chi connectivity index (χ0) is 15.7. The molecule has 1 heterocycles. The Hall–Kier alpha value is -2.08. The second-order valence-electron chi connectivity index (χ2n) is 4.69. The highest BCUT2D eigenvalue weighted by Crippen LogP contribution is 2.41. The first-order valence-electron chi connectivity index (χ1n) is 6.44. The molecule has 0 aliphatic carbocycles. The molecule has 0 unspecified atom stereocenters. The van der Waals surface area contributed by atoms with E-state index in [-0.39, 0.29) is 11.4 Å². The van der Waals surface area contributed by atoms with E-state index in [1.807, 2.05) is 0 Å². The molecule has 0 saturated heterocycles. The lowest BCUT2D eigenvalue weighted by Gasteiger charge is -2.10. The van der Waals surface area contributed by atoms with Crippen molar-refractivity contribution in [1.29, 1.82) is 0 Å². The van der Waals surface area contributed by atoms with Crippen molar-refractivity contribution in [1.82, 2.24) is 10.2 Å². The van der Waals surface area contributed by atoms with E-state index < -0.39 is 11.7 Å². The highest BCUT2D eigenvalue weighted by atomic mass is 79.9. The Bertz CT molecular complexity index is 777. The molecular formula is C16H10BrF3N2. The zero-order valence-corrected chi connectivity index (χ0v) is 12.7. The minimum absolute atomic E-state index is 0.0288. The minimum Gasteiger partial charge on any atom is -0.277 e. The summed E-state index contributed by atoms with van der Waals surface area (Å²) in [5.41, 5.74) is -0.00876. The summed E-state index contributed by atoms with van der Waals surface area (Å²) < 4.78 is 41.4. The Balaban J connectivity index is 2.20. The first-order valence-corrected chi connectivity index (χ1v) is 7.23. The molecule has 0 atom stereocenters. The molecule has 0 saturated carbocycles. The van der Waals surface area contributed by atoms with Crippen LogP contribution in [0.4, 0.5) is 13.2 Å². The molecule has 0 radical (unpaired) electrons. The molecular weight excluding hydrogens is 357 g/mol. The molecule has 0 aliphatic rings. The van der Waals surface area contributed by atoms with Gasteiger partial charge in [-0.1, -0.05) is 58.4 Å². The van der Waals surface area contributed by atoms with E-state index in [9.17, 15) is 13.2 Å². The predicted octanol–water partition coefficient (Wildman–Crippen LogP) is 5.53. The van der Waals surface area contributed by atoms with Crippen molar-refractivity contribution in [3.05, 3.63) is 64.6 Å². The molecule has 0 amide bonds. The van der Waals surface area contributed by atoms with Gasteiger partial charge in [0.2, 0.25) is 0 Å². The summed E-state index contributed by atoms with van der Waals surface area (Å²) in [6, 6.07) is 14.9. The Morgan fingerprint density at radius 2 is 1.50 bits per heavy atom. The first-order chi connectivity index (χ1) is 10.5. The van der Waals surface area contributed by atoms with Gasteiger partial charge in [0.25, 0.3) is 0 Å². The van der Waals surface area contributed by atoms with Gasteiger partial charge in [0.05, 0.1) is 5.69 Å². The van der Waals surface area contributed by atoms with Crippen molar-refractivity contribution in [2.45, 2.75) is 6.18 Å². The van der Waals surface area contributed by atoms with Crippen LogP contribution < -0.4 is 0 Å². The number of aromatic amines is 1. The summed E-state index contributed by atoms with van der Waals surface area (Å²) in [4.78, 5) is 0. The fraction of sp³-hybridized carbons (Fsp3) is 0.0625. The van der Waals surface area contributed by atoms with Gasteiger partial charge in [-0.2, -0.15) is 18.3 Å². The second-order valence-corrected chi connectivity index (χ2v) is 5.61. The molecule has 1 N–H and O–H groups in total. The van der Waals surface area contributed by atoms with Crippen LogP contribution in [0.3, 0.4) is 0 Å². The van der Waals surface area contributed by atoms with Gasteiger partial charge in [-0.05, 0) is 12.1 Å². The van der Waals surface area contributed by atoms with Crippen LogP contribution in [0.5, 0.6) is 0 Å². The lowest BCUT2D eigenvalue weighted by molar-refractivity contribution is -0.136. The molecule has 1 aromatic heterocycles. The third-order valence-electron chi connectivity index (χ3n) is 3.23. The Labute approximate surface area is 133 Å². The molecule has 3 aromatic rings. The van der Waals surface area contributed by atoms with Gasteiger partial charge in [0.1, 0.15) is 11.3 Å². The van der Waals surface area contributed by atoms with E-state index in [4.69, 9.17) is 0 Å². The minimum atomic E-state index is -4.50. The number of halogens is 4. The summed E-state index contributed by atoms with van der Waals surface area (Å²) in [6.07, 6.45) is -4.50. The van der Waals surface area contributed by atoms with E-state index in [0.717, 1.165) is 4.47 Å². The van der Waals surface area contributed by atoms with Gasteiger partial charge >= 0.3 is 6.18 Å². The predicted molar refractivity (Wildman–Crippen MR) is 82.2 cm³/mol. The summed E-state index contributed by atoms with van der Waals surface area (Å²) in [7, 11) is 0. The monoisotopic (exact) mass is 366 g/mol. The van der Waals surface area contributed by atoms with Crippen LogP contribution in [0.1, 0.15) is 5.56 Å². The fourth-order valence-electron chi connectivity index (χ4n) is 2.25. The molecule has 22 heavy (non-hydrogen) atoms. The second kappa shape index (κ2) is 5.61. The molecule has 3 rings (SSSR count). The van der Waals surface area contributed by atoms with Crippen LogP contribution in [0.2, 0.25) is 0 Å². The number of H-pyrrole nitrogens is 1. The highest BCUT2D eigenvalue weighted by Gasteiger charge is 2.39. The molecule has 0 spiro atoms. The van der Waals surface area contributed by atoms with Gasteiger partial charge in [0.15, 0.2) is 0 Å². The first kappa shape index (κ1) is 14.8. The third kappa shape index (κ3) is 2.78. The number of nitrogens with one attached hydrogen (secondary N) is 1. The van der Waals surface area contributed by atoms with Crippen LogP contribution in [-0.2, 0) is 6.18 Å². The number of aromatic nitrogens is 2. The molecule has 0 aliphatic heterocycles. The number of alkyl halides is 3. The van der Waals surface area contributed by atoms with E-state index in [1.54, 1.807) is 54.6 Å². The molecule has 2 nitrogen and oxygen atoms in total. The van der Waals surface area contributed by atoms with Gasteiger partial charge in [-0.25, -0.2) is 0 Å². The van der Waals surface area contributed by atoms with Crippen molar-refractivity contribution >= 4 is 15.9 Å². The Morgan fingerprint density at radius 3 is 2.09 bits per heavy atom. The number of hydrogen-bond donors (Lipinski definition) is 1. The lowest BCUT2D eigenvalue weighted by atomic mass is 10.0. The van der Waals surface area contributed by atoms with Crippen LogP contribution in [-0.4, -0.2) is 10.2 Å². The van der Waals surface area contributed by atoms with Gasteiger partial charge in [-0.3, -0.25) is 5.10 Å². The van der Waals surface area contributed by atoms with E-state index in [1.165, 1.54) is 0 Å². The number of rotatable bonds is 2. The van der Waals surface area contributed by atoms with Crippen molar-refractivity contribution in [2.75, 3.05) is 0 Å². The van der Waals surface area contributed by atoms with E-state index in [0.29, 0.717) is 11.1 Å². The van der Waals surface area contributed by atoms with Gasteiger partial charge < -0.3 is 0 Å². The topological polar surface area (TPSA) is 28.7 Å². The quantitative estimate of drug-likeness (QED) is 0.634. The molecule has 0 bridgehead atoms. The van der Waals surface area contributed by atoms with Crippen molar-refractivity contribution in [2.24, 2.45) is 0 Å². The zero-order valence-electron chi connectivity index (χ0n) is 11.2. The molecule has 2 aromatic carbocycles. The average Bonchev–Trinajstić information content (AvgIpc) is 2.94. The SMILES string of the molecule is FC(F)(F)c1c(-c2ccccc2)n[nH]c1-c1ccc(Br)cc1. The Kier molecular flexibility index (Phi) is 3.78. The molecule has 112 valence electrons. The van der Waals surface area contributed by atoms with E-state index >= 15 is 0 Å². The number of nitrogens with zero attached hydrogens (tertiary/aromatic N) is 1. The maximum atomic E-state index is 13.5. The normalized spacial score (nSPS) is 11.6. The van der Waals surface area contributed by atoms with Gasteiger partial charge in [0, 0.05) is 15.6 Å². The standard InChI is InChI=1S/C16H10BrF3N2/c17-12-8-6-11(7-9-12)15-13(16(18,19)20)14(21-22-15)10-4-2-1-3-5-10/h1-9H,(H,21,22). The lowest BCUT2D eigenvalue weighted by Crippen LogP contribution is -2.07. The van der Waals surface area contributed by atoms with Crippen molar-refractivity contribution in [3.63, 3.8) is 0 Å². The summed E-state index contributed by atoms with van der Waals surface area (Å²) in [5, 5.41) is 6.42. The van der Waals surface area contributed by atoms with Crippen molar-refractivity contribution in [3.8, 4) is 22.5 Å². The summed E-state index contributed by atoms with van der Waals surface area (Å²) >= 11 is 3.27. The number of benzene rings is 2. The van der Waals surface area contributed by atoms with Crippen LogP contribution in [0.15, 0.2) is 59.1 Å². The van der Waals surface area contributed by atoms with Crippen molar-refractivity contribution < 1.29 is 13.2 Å².